The van der Waals surface area contributed by atoms with Crippen LogP contribution in [0.1, 0.15) is 32.3 Å². The maximum atomic E-state index is 14.4. The van der Waals surface area contributed by atoms with E-state index in [1.807, 2.05) is 13.0 Å². The van der Waals surface area contributed by atoms with Crippen molar-refractivity contribution in [2.45, 2.75) is 51.4 Å². The van der Waals surface area contributed by atoms with Gasteiger partial charge in [0, 0.05) is 25.2 Å². The van der Waals surface area contributed by atoms with Gasteiger partial charge < -0.3 is 15.0 Å². The summed E-state index contributed by atoms with van der Waals surface area (Å²) < 4.78 is 20.0. The molecule has 1 saturated heterocycles. The number of ether oxygens (including phenoxy) is 1. The van der Waals surface area contributed by atoms with Crippen LogP contribution >= 0.6 is 0 Å². The molecular formula is C16H23FN2O. The number of rotatable bonds is 4. The van der Waals surface area contributed by atoms with Crippen molar-refractivity contribution < 1.29 is 9.13 Å². The third-order valence-corrected chi connectivity index (χ3v) is 4.12. The summed E-state index contributed by atoms with van der Waals surface area (Å²) in [4.78, 5) is 2.16. The Morgan fingerprint density at radius 2 is 2.15 bits per heavy atom. The molecular weight excluding hydrogens is 255 g/mol. The minimum Gasteiger partial charge on any atom is -0.375 e. The van der Waals surface area contributed by atoms with Gasteiger partial charge in [0.15, 0.2) is 0 Å². The first-order chi connectivity index (χ1) is 9.65. The van der Waals surface area contributed by atoms with E-state index in [0.717, 1.165) is 24.3 Å². The van der Waals surface area contributed by atoms with Crippen molar-refractivity contribution in [1.82, 2.24) is 5.32 Å². The van der Waals surface area contributed by atoms with E-state index in [9.17, 15) is 4.39 Å². The zero-order valence-electron chi connectivity index (χ0n) is 12.2. The molecule has 1 aromatic rings. The highest BCUT2D eigenvalue weighted by Crippen LogP contribution is 2.30. The van der Waals surface area contributed by atoms with Crippen LogP contribution in [0.3, 0.4) is 0 Å². The van der Waals surface area contributed by atoms with Crippen molar-refractivity contribution >= 4 is 5.69 Å². The van der Waals surface area contributed by atoms with E-state index in [-0.39, 0.29) is 18.0 Å². The fourth-order valence-corrected chi connectivity index (χ4v) is 2.78. The van der Waals surface area contributed by atoms with E-state index in [0.29, 0.717) is 12.6 Å². The monoisotopic (exact) mass is 278 g/mol. The molecule has 0 amide bonds. The van der Waals surface area contributed by atoms with Crippen molar-refractivity contribution in [2.24, 2.45) is 0 Å². The molecule has 3 rings (SSSR count). The SMILES string of the molecule is CC1CN(c2c(F)cccc2CNC2CC2)C(C)CO1. The van der Waals surface area contributed by atoms with E-state index in [2.05, 4.69) is 17.1 Å². The number of hydrogen-bond donors (Lipinski definition) is 1. The maximum Gasteiger partial charge on any atom is 0.146 e. The van der Waals surface area contributed by atoms with Gasteiger partial charge in [0.05, 0.1) is 18.4 Å². The van der Waals surface area contributed by atoms with Crippen LogP contribution in [0.15, 0.2) is 18.2 Å². The van der Waals surface area contributed by atoms with Crippen molar-refractivity contribution in [3.8, 4) is 0 Å². The number of nitrogens with one attached hydrogen (secondary N) is 1. The first-order valence-electron chi connectivity index (χ1n) is 7.54. The van der Waals surface area contributed by atoms with E-state index in [1.165, 1.54) is 12.8 Å². The number of hydrogen-bond acceptors (Lipinski definition) is 3. The molecule has 2 aliphatic rings. The Labute approximate surface area is 120 Å². The van der Waals surface area contributed by atoms with Gasteiger partial charge in [0.25, 0.3) is 0 Å². The molecule has 1 N–H and O–H groups in total. The molecule has 2 fully saturated rings. The predicted molar refractivity (Wildman–Crippen MR) is 78.5 cm³/mol. The Morgan fingerprint density at radius 1 is 1.35 bits per heavy atom. The Balaban J connectivity index is 1.85. The van der Waals surface area contributed by atoms with Gasteiger partial charge >= 0.3 is 0 Å². The van der Waals surface area contributed by atoms with Crippen LogP contribution < -0.4 is 10.2 Å². The van der Waals surface area contributed by atoms with Crippen LogP contribution in [0.25, 0.3) is 0 Å². The lowest BCUT2D eigenvalue weighted by Crippen LogP contribution is -2.48. The van der Waals surface area contributed by atoms with Crippen LogP contribution in [0.5, 0.6) is 0 Å². The topological polar surface area (TPSA) is 24.5 Å². The number of morpholine rings is 1. The second kappa shape index (κ2) is 5.70. The minimum absolute atomic E-state index is 0.124. The van der Waals surface area contributed by atoms with Crippen molar-refractivity contribution in [1.29, 1.82) is 0 Å². The van der Waals surface area contributed by atoms with E-state index in [1.54, 1.807) is 12.1 Å². The number of benzene rings is 1. The second-order valence-electron chi connectivity index (χ2n) is 6.05. The standard InChI is InChI=1S/C16H23FN2O/c1-11-10-20-12(2)9-19(11)16-13(4-3-5-15(16)17)8-18-14-6-7-14/h3-5,11-12,14,18H,6-10H2,1-2H3. The van der Waals surface area contributed by atoms with E-state index >= 15 is 0 Å². The smallest absolute Gasteiger partial charge is 0.146 e. The van der Waals surface area contributed by atoms with Crippen LogP contribution in [0.2, 0.25) is 0 Å². The van der Waals surface area contributed by atoms with Crippen LogP contribution in [-0.4, -0.2) is 31.3 Å². The number of nitrogens with zero attached hydrogens (tertiary/aromatic N) is 1. The van der Waals surface area contributed by atoms with Gasteiger partial charge in [-0.15, -0.1) is 0 Å². The molecule has 0 spiro atoms. The first kappa shape index (κ1) is 13.8. The highest BCUT2D eigenvalue weighted by Gasteiger charge is 2.28. The zero-order valence-corrected chi connectivity index (χ0v) is 12.2. The van der Waals surface area contributed by atoms with Gasteiger partial charge in [-0.3, -0.25) is 0 Å². The molecule has 1 aliphatic heterocycles. The lowest BCUT2D eigenvalue weighted by atomic mass is 10.1. The molecule has 0 bridgehead atoms. The van der Waals surface area contributed by atoms with Crippen LogP contribution in [0, 0.1) is 5.82 Å². The van der Waals surface area contributed by atoms with Gasteiger partial charge in [-0.2, -0.15) is 0 Å². The van der Waals surface area contributed by atoms with Crippen molar-refractivity contribution in [3.05, 3.63) is 29.6 Å². The molecule has 0 aromatic heterocycles. The lowest BCUT2D eigenvalue weighted by Gasteiger charge is -2.39. The summed E-state index contributed by atoms with van der Waals surface area (Å²) in [6.45, 7) is 6.29. The van der Waals surface area contributed by atoms with Gasteiger partial charge in [-0.1, -0.05) is 12.1 Å². The molecule has 2 unspecified atom stereocenters. The van der Waals surface area contributed by atoms with E-state index in [4.69, 9.17) is 4.74 Å². The van der Waals surface area contributed by atoms with Gasteiger partial charge in [0.2, 0.25) is 0 Å². The number of halogens is 1. The number of para-hydroxylation sites is 1. The summed E-state index contributed by atoms with van der Waals surface area (Å²) in [5.41, 5.74) is 1.81. The molecule has 2 atom stereocenters. The number of anilines is 1. The quantitative estimate of drug-likeness (QED) is 0.916. The first-order valence-corrected chi connectivity index (χ1v) is 7.54. The molecule has 20 heavy (non-hydrogen) atoms. The molecule has 110 valence electrons. The van der Waals surface area contributed by atoms with Gasteiger partial charge in [-0.25, -0.2) is 4.39 Å². The molecule has 3 nitrogen and oxygen atoms in total. The lowest BCUT2D eigenvalue weighted by molar-refractivity contribution is 0.0340. The molecule has 1 saturated carbocycles. The molecule has 1 heterocycles. The summed E-state index contributed by atoms with van der Waals surface area (Å²) in [5.74, 6) is -0.124. The summed E-state index contributed by atoms with van der Waals surface area (Å²) in [5, 5.41) is 3.48. The summed E-state index contributed by atoms with van der Waals surface area (Å²) >= 11 is 0. The third-order valence-electron chi connectivity index (χ3n) is 4.12. The second-order valence-corrected chi connectivity index (χ2v) is 6.05. The van der Waals surface area contributed by atoms with Crippen molar-refractivity contribution in [2.75, 3.05) is 18.1 Å². The Kier molecular flexibility index (Phi) is 3.94. The molecule has 1 aliphatic carbocycles. The summed E-state index contributed by atoms with van der Waals surface area (Å²) in [7, 11) is 0. The fourth-order valence-electron chi connectivity index (χ4n) is 2.78. The predicted octanol–water partition coefficient (Wildman–Crippen LogP) is 2.69. The van der Waals surface area contributed by atoms with Crippen LogP contribution in [0.4, 0.5) is 10.1 Å². The minimum atomic E-state index is -0.124. The average Bonchev–Trinajstić information content (AvgIpc) is 3.24. The maximum absolute atomic E-state index is 14.4. The highest BCUT2D eigenvalue weighted by molar-refractivity contribution is 5.56. The third kappa shape index (κ3) is 2.96. The van der Waals surface area contributed by atoms with Gasteiger partial charge in [0.1, 0.15) is 5.82 Å². The Bertz CT molecular complexity index is 476. The van der Waals surface area contributed by atoms with Crippen LogP contribution in [-0.2, 0) is 11.3 Å². The van der Waals surface area contributed by atoms with E-state index < -0.39 is 0 Å². The largest absolute Gasteiger partial charge is 0.375 e. The molecule has 4 heteroatoms. The molecule has 1 aromatic carbocycles. The van der Waals surface area contributed by atoms with Gasteiger partial charge in [-0.05, 0) is 38.3 Å². The average molecular weight is 278 g/mol. The Morgan fingerprint density at radius 3 is 2.90 bits per heavy atom. The summed E-state index contributed by atoms with van der Waals surface area (Å²) in [6, 6.07) is 6.23. The normalized spacial score (nSPS) is 26.9. The Hall–Kier alpha value is -1.13. The summed E-state index contributed by atoms with van der Waals surface area (Å²) in [6.07, 6.45) is 2.64. The zero-order chi connectivity index (χ0) is 14.1. The molecule has 0 radical (unpaired) electrons. The highest BCUT2D eigenvalue weighted by atomic mass is 19.1. The van der Waals surface area contributed by atoms with Crippen molar-refractivity contribution in [3.63, 3.8) is 0 Å². The fraction of sp³-hybridized carbons (Fsp3) is 0.625.